The number of carbonyl (C=O) groups is 1. The predicted molar refractivity (Wildman–Crippen MR) is 72.5 cm³/mol. The SMILES string of the molecule is Cc1cccc(OCCNC(=O)[C@H](N)C(C)C)c1. The van der Waals surface area contributed by atoms with E-state index in [0.717, 1.165) is 11.3 Å². The highest BCUT2D eigenvalue weighted by molar-refractivity contribution is 5.81. The monoisotopic (exact) mass is 250 g/mol. The van der Waals surface area contributed by atoms with Gasteiger partial charge in [-0.15, -0.1) is 0 Å². The Hall–Kier alpha value is -1.55. The third-order valence-corrected chi connectivity index (χ3v) is 2.68. The lowest BCUT2D eigenvalue weighted by molar-refractivity contribution is -0.123. The topological polar surface area (TPSA) is 64.3 Å². The van der Waals surface area contributed by atoms with Gasteiger partial charge in [-0.05, 0) is 30.5 Å². The predicted octanol–water partition coefficient (Wildman–Crippen LogP) is 1.47. The van der Waals surface area contributed by atoms with Gasteiger partial charge in [-0.3, -0.25) is 4.79 Å². The van der Waals surface area contributed by atoms with Crippen LogP contribution in [0.25, 0.3) is 0 Å². The van der Waals surface area contributed by atoms with E-state index in [1.165, 1.54) is 0 Å². The number of aryl methyl sites for hydroxylation is 1. The summed E-state index contributed by atoms with van der Waals surface area (Å²) in [7, 11) is 0. The van der Waals surface area contributed by atoms with Gasteiger partial charge in [0.05, 0.1) is 12.6 Å². The summed E-state index contributed by atoms with van der Waals surface area (Å²) < 4.78 is 5.52. The highest BCUT2D eigenvalue weighted by Gasteiger charge is 2.16. The molecule has 1 atom stereocenters. The molecule has 0 spiro atoms. The Morgan fingerprint density at radius 2 is 2.17 bits per heavy atom. The van der Waals surface area contributed by atoms with Crippen LogP contribution >= 0.6 is 0 Å². The van der Waals surface area contributed by atoms with Gasteiger partial charge >= 0.3 is 0 Å². The molecule has 1 rings (SSSR count). The Morgan fingerprint density at radius 3 is 2.78 bits per heavy atom. The summed E-state index contributed by atoms with van der Waals surface area (Å²) in [6.45, 7) is 6.77. The van der Waals surface area contributed by atoms with E-state index in [0.29, 0.717) is 13.2 Å². The van der Waals surface area contributed by atoms with Gasteiger partial charge in [0.15, 0.2) is 0 Å². The fourth-order valence-corrected chi connectivity index (χ4v) is 1.47. The molecule has 4 nitrogen and oxygen atoms in total. The highest BCUT2D eigenvalue weighted by atomic mass is 16.5. The van der Waals surface area contributed by atoms with Crippen molar-refractivity contribution in [2.24, 2.45) is 11.7 Å². The van der Waals surface area contributed by atoms with Crippen LogP contribution < -0.4 is 15.8 Å². The van der Waals surface area contributed by atoms with Gasteiger partial charge < -0.3 is 15.8 Å². The first-order valence-electron chi connectivity index (χ1n) is 6.23. The molecule has 0 radical (unpaired) electrons. The maximum atomic E-state index is 11.6. The van der Waals surface area contributed by atoms with Crippen molar-refractivity contribution in [3.63, 3.8) is 0 Å². The molecule has 0 saturated carbocycles. The molecule has 1 amide bonds. The smallest absolute Gasteiger partial charge is 0.237 e. The third-order valence-electron chi connectivity index (χ3n) is 2.68. The van der Waals surface area contributed by atoms with Crippen LogP contribution in [-0.2, 0) is 4.79 Å². The Labute approximate surface area is 109 Å². The highest BCUT2D eigenvalue weighted by Crippen LogP contribution is 2.11. The summed E-state index contributed by atoms with van der Waals surface area (Å²) in [5.74, 6) is 0.831. The lowest BCUT2D eigenvalue weighted by Crippen LogP contribution is -2.45. The van der Waals surface area contributed by atoms with E-state index in [2.05, 4.69) is 5.32 Å². The second-order valence-corrected chi connectivity index (χ2v) is 4.73. The van der Waals surface area contributed by atoms with E-state index >= 15 is 0 Å². The fourth-order valence-electron chi connectivity index (χ4n) is 1.47. The van der Waals surface area contributed by atoms with Crippen molar-refractivity contribution in [2.75, 3.05) is 13.2 Å². The first-order chi connectivity index (χ1) is 8.50. The standard InChI is InChI=1S/C14H22N2O2/c1-10(2)13(15)14(17)16-7-8-18-12-6-4-5-11(3)9-12/h4-6,9-10,13H,7-8,15H2,1-3H3,(H,16,17)/t13-/m1/s1. The van der Waals surface area contributed by atoms with E-state index in [9.17, 15) is 4.79 Å². The molecule has 1 aromatic carbocycles. The van der Waals surface area contributed by atoms with Crippen LogP contribution in [0.5, 0.6) is 5.75 Å². The van der Waals surface area contributed by atoms with Crippen molar-refractivity contribution < 1.29 is 9.53 Å². The molecule has 0 saturated heterocycles. The summed E-state index contributed by atoms with van der Waals surface area (Å²) in [6, 6.07) is 7.36. The van der Waals surface area contributed by atoms with Crippen LogP contribution in [-0.4, -0.2) is 25.1 Å². The number of benzene rings is 1. The van der Waals surface area contributed by atoms with Crippen LogP contribution in [0.3, 0.4) is 0 Å². The van der Waals surface area contributed by atoms with Crippen LogP contribution in [0, 0.1) is 12.8 Å². The Balaban J connectivity index is 2.25. The lowest BCUT2D eigenvalue weighted by atomic mass is 10.1. The van der Waals surface area contributed by atoms with Crippen molar-refractivity contribution in [3.8, 4) is 5.75 Å². The zero-order valence-corrected chi connectivity index (χ0v) is 11.3. The molecule has 0 fully saturated rings. The van der Waals surface area contributed by atoms with Crippen LogP contribution in [0.1, 0.15) is 19.4 Å². The van der Waals surface area contributed by atoms with Gasteiger partial charge in [-0.1, -0.05) is 26.0 Å². The summed E-state index contributed by atoms with van der Waals surface area (Å²) >= 11 is 0. The number of nitrogens with one attached hydrogen (secondary N) is 1. The Kier molecular flexibility index (Phi) is 5.65. The molecule has 0 aliphatic heterocycles. The molecule has 4 heteroatoms. The van der Waals surface area contributed by atoms with Crippen molar-refractivity contribution in [1.82, 2.24) is 5.32 Å². The van der Waals surface area contributed by atoms with E-state index in [4.69, 9.17) is 10.5 Å². The molecule has 3 N–H and O–H groups in total. The summed E-state index contributed by atoms with van der Waals surface area (Å²) in [4.78, 5) is 11.6. The number of hydrogen-bond donors (Lipinski definition) is 2. The molecule has 0 bridgehead atoms. The lowest BCUT2D eigenvalue weighted by Gasteiger charge is -2.15. The molecule has 0 aromatic heterocycles. The van der Waals surface area contributed by atoms with E-state index in [-0.39, 0.29) is 11.8 Å². The molecule has 1 aromatic rings. The van der Waals surface area contributed by atoms with E-state index in [1.807, 2.05) is 45.0 Å². The normalized spacial score (nSPS) is 12.3. The molecular formula is C14H22N2O2. The molecule has 0 heterocycles. The van der Waals surface area contributed by atoms with Crippen LogP contribution in [0.4, 0.5) is 0 Å². The van der Waals surface area contributed by atoms with Crippen molar-refractivity contribution in [3.05, 3.63) is 29.8 Å². The zero-order chi connectivity index (χ0) is 13.5. The van der Waals surface area contributed by atoms with Gasteiger partial charge in [0.2, 0.25) is 5.91 Å². The van der Waals surface area contributed by atoms with Gasteiger partial charge in [0.1, 0.15) is 12.4 Å². The zero-order valence-electron chi connectivity index (χ0n) is 11.3. The second-order valence-electron chi connectivity index (χ2n) is 4.73. The Morgan fingerprint density at radius 1 is 1.44 bits per heavy atom. The van der Waals surface area contributed by atoms with Gasteiger partial charge in [0, 0.05) is 0 Å². The minimum atomic E-state index is -0.455. The second kappa shape index (κ2) is 7.01. The fraction of sp³-hybridized carbons (Fsp3) is 0.500. The Bertz CT molecular complexity index is 391. The third kappa shape index (κ3) is 4.75. The van der Waals surface area contributed by atoms with Gasteiger partial charge in [0.25, 0.3) is 0 Å². The number of ether oxygens (including phenoxy) is 1. The first-order valence-corrected chi connectivity index (χ1v) is 6.23. The average Bonchev–Trinajstić information content (AvgIpc) is 2.33. The molecular weight excluding hydrogens is 228 g/mol. The summed E-state index contributed by atoms with van der Waals surface area (Å²) in [6.07, 6.45) is 0. The van der Waals surface area contributed by atoms with E-state index < -0.39 is 6.04 Å². The first kappa shape index (κ1) is 14.5. The van der Waals surface area contributed by atoms with E-state index in [1.54, 1.807) is 0 Å². The molecule has 0 aliphatic carbocycles. The number of hydrogen-bond acceptors (Lipinski definition) is 3. The van der Waals surface area contributed by atoms with Crippen molar-refractivity contribution in [2.45, 2.75) is 26.8 Å². The van der Waals surface area contributed by atoms with Crippen molar-refractivity contribution >= 4 is 5.91 Å². The largest absolute Gasteiger partial charge is 0.492 e. The number of carbonyl (C=O) groups excluding carboxylic acids is 1. The minimum Gasteiger partial charge on any atom is -0.492 e. The number of nitrogens with two attached hydrogens (primary N) is 1. The van der Waals surface area contributed by atoms with Gasteiger partial charge in [-0.25, -0.2) is 0 Å². The van der Waals surface area contributed by atoms with Crippen LogP contribution in [0.2, 0.25) is 0 Å². The quantitative estimate of drug-likeness (QED) is 0.751. The van der Waals surface area contributed by atoms with Gasteiger partial charge in [-0.2, -0.15) is 0 Å². The molecule has 18 heavy (non-hydrogen) atoms. The van der Waals surface area contributed by atoms with Crippen molar-refractivity contribution in [1.29, 1.82) is 0 Å². The maximum Gasteiger partial charge on any atom is 0.237 e. The molecule has 0 unspecified atom stereocenters. The average molecular weight is 250 g/mol. The number of amides is 1. The maximum absolute atomic E-state index is 11.6. The molecule has 0 aliphatic rings. The summed E-state index contributed by atoms with van der Waals surface area (Å²) in [5, 5.41) is 2.76. The van der Waals surface area contributed by atoms with Crippen LogP contribution in [0.15, 0.2) is 24.3 Å². The summed E-state index contributed by atoms with van der Waals surface area (Å²) in [5.41, 5.74) is 6.87. The number of rotatable bonds is 6. The molecule has 100 valence electrons. The minimum absolute atomic E-state index is 0.127.